The van der Waals surface area contributed by atoms with Crippen LogP contribution in [0, 0.1) is 11.3 Å². The zero-order valence-electron chi connectivity index (χ0n) is 8.20. The van der Waals surface area contributed by atoms with Gasteiger partial charge in [-0.05, 0) is 37.5 Å². The summed E-state index contributed by atoms with van der Waals surface area (Å²) in [6.07, 6.45) is 4.24. The van der Waals surface area contributed by atoms with E-state index in [0.29, 0.717) is 5.41 Å². The predicted molar refractivity (Wildman–Crippen MR) is 49.6 cm³/mol. The van der Waals surface area contributed by atoms with Gasteiger partial charge in [0.05, 0.1) is 0 Å². The van der Waals surface area contributed by atoms with Crippen molar-refractivity contribution in [1.82, 2.24) is 0 Å². The molecule has 1 radical (unpaired) electrons. The summed E-state index contributed by atoms with van der Waals surface area (Å²) in [7, 11) is 0. The fraction of sp³-hybridized carbons (Fsp3) is 0.800. The molecule has 0 aromatic heterocycles. The Balaban J connectivity index is 0.000000605. The van der Waals surface area contributed by atoms with E-state index in [2.05, 4.69) is 20.8 Å². The molecule has 57 valence electrons. The number of rotatable bonds is 0. The van der Waals surface area contributed by atoms with Gasteiger partial charge in [-0.15, -0.1) is 0 Å². The predicted octanol–water partition coefficient (Wildman–Crippen LogP) is 2.76. The van der Waals surface area contributed by atoms with Crippen molar-refractivity contribution in [1.29, 1.82) is 0 Å². The van der Waals surface area contributed by atoms with E-state index in [0.717, 1.165) is 5.92 Å². The molecule has 11 heavy (non-hydrogen) atoms. The smallest absolute Gasteiger partial charge is 0 e. The summed E-state index contributed by atoms with van der Waals surface area (Å²) in [5, 5.41) is 0. The first-order valence-corrected chi connectivity index (χ1v) is 4.31. The minimum absolute atomic E-state index is 0. The number of fused-ring (bicyclic) bond motifs is 2. The Labute approximate surface area is 119 Å². The van der Waals surface area contributed by atoms with Crippen LogP contribution in [0.3, 0.4) is 0 Å². The van der Waals surface area contributed by atoms with Crippen LogP contribution in [0.1, 0.15) is 40.0 Å². The van der Waals surface area contributed by atoms with E-state index in [4.69, 9.17) is 0 Å². The summed E-state index contributed by atoms with van der Waals surface area (Å²) in [4.78, 5) is 0. The first-order valence-electron chi connectivity index (χ1n) is 4.31. The monoisotopic (exact) mass is 221 g/mol. The van der Waals surface area contributed by atoms with Crippen molar-refractivity contribution < 1.29 is 0 Å². The molecule has 1 unspecified atom stereocenters. The molecule has 1 saturated carbocycles. The van der Waals surface area contributed by atoms with Gasteiger partial charge >= 0.3 is 0 Å². The quantitative estimate of drug-likeness (QED) is 0.552. The molecule has 3 rings (SSSR count). The third kappa shape index (κ3) is 1.49. The van der Waals surface area contributed by atoms with E-state index < -0.39 is 0 Å². The second kappa shape index (κ2) is 3.36. The van der Waals surface area contributed by atoms with Crippen LogP contribution >= 0.6 is 0 Å². The van der Waals surface area contributed by atoms with Crippen molar-refractivity contribution in [3.63, 3.8) is 0 Å². The second-order valence-electron chi connectivity index (χ2n) is 4.42. The fourth-order valence-electron chi connectivity index (χ4n) is 2.61. The molecule has 1 heteroatoms. The summed E-state index contributed by atoms with van der Waals surface area (Å²) in [5.74, 6) is 1.02. The van der Waals surface area contributed by atoms with Gasteiger partial charge in [-0.2, -0.15) is 0 Å². The third-order valence-corrected chi connectivity index (χ3v) is 3.63. The Bertz CT molecular complexity index is 201. The molecule has 0 aromatic carbocycles. The van der Waals surface area contributed by atoms with E-state index in [-0.39, 0.29) is 58.2 Å². The van der Waals surface area contributed by atoms with Gasteiger partial charge in [-0.3, -0.25) is 0 Å². The van der Waals surface area contributed by atoms with Crippen LogP contribution in [0.4, 0.5) is 0 Å². The molecule has 0 spiro atoms. The van der Waals surface area contributed by atoms with Crippen molar-refractivity contribution in [2.75, 3.05) is 0 Å². The molecule has 0 amide bonds. The molecule has 0 aromatic rings. The summed E-state index contributed by atoms with van der Waals surface area (Å²) < 4.78 is 0. The molecule has 0 nitrogen and oxygen atoms in total. The Morgan fingerprint density at radius 1 is 1.36 bits per heavy atom. The van der Waals surface area contributed by atoms with Crippen LogP contribution in [-0.2, 0) is 0 Å². The van der Waals surface area contributed by atoms with E-state index >= 15 is 0 Å². The second-order valence-corrected chi connectivity index (χ2v) is 4.42. The van der Waals surface area contributed by atoms with Crippen LogP contribution < -0.4 is 0 Å². The minimum atomic E-state index is 0. The molecule has 3 aliphatic carbocycles. The van der Waals surface area contributed by atoms with Crippen LogP contribution in [-0.4, -0.2) is 58.2 Å². The fourth-order valence-corrected chi connectivity index (χ4v) is 2.61. The first-order chi connectivity index (χ1) is 4.62. The standard InChI is InChI=1S/C10H16.Rb/c1-7-4-5-8-6-9(7)10(8,2)3;/h8H,4-6H2,1-3H3;. The maximum absolute atomic E-state index is 2.40. The van der Waals surface area contributed by atoms with E-state index in [1.54, 1.807) is 11.1 Å². The average Bonchev–Trinajstić information content (AvgIpc) is 1.87. The Kier molecular flexibility index (Phi) is 3.25. The van der Waals surface area contributed by atoms with Crippen molar-refractivity contribution in [2.24, 2.45) is 11.3 Å². The molecule has 3 aliphatic rings. The minimum Gasteiger partial charge on any atom is -0.0735 e. The summed E-state index contributed by atoms with van der Waals surface area (Å²) in [5.41, 5.74) is 4.04. The van der Waals surface area contributed by atoms with Crippen molar-refractivity contribution in [2.45, 2.75) is 40.0 Å². The van der Waals surface area contributed by atoms with Gasteiger partial charge in [0.2, 0.25) is 0 Å². The van der Waals surface area contributed by atoms with Gasteiger partial charge in [-0.25, -0.2) is 0 Å². The molecule has 1 fully saturated rings. The summed E-state index contributed by atoms with van der Waals surface area (Å²) in [6, 6.07) is 0. The number of hydrogen-bond donors (Lipinski definition) is 0. The first kappa shape index (κ1) is 10.6. The molecule has 0 saturated heterocycles. The van der Waals surface area contributed by atoms with Gasteiger partial charge < -0.3 is 0 Å². The molecule has 0 aliphatic heterocycles. The maximum atomic E-state index is 2.40. The van der Waals surface area contributed by atoms with Gasteiger partial charge in [0, 0.05) is 58.2 Å². The zero-order valence-corrected chi connectivity index (χ0v) is 13.1. The molecular formula is C10H16Rb. The van der Waals surface area contributed by atoms with Crippen LogP contribution in [0.2, 0.25) is 0 Å². The number of hydrogen-bond acceptors (Lipinski definition) is 0. The maximum Gasteiger partial charge on any atom is 0 e. The molecular weight excluding hydrogens is 206 g/mol. The van der Waals surface area contributed by atoms with Crippen molar-refractivity contribution in [3.8, 4) is 0 Å². The van der Waals surface area contributed by atoms with Gasteiger partial charge in [0.25, 0.3) is 0 Å². The van der Waals surface area contributed by atoms with Crippen molar-refractivity contribution >= 4 is 58.2 Å². The van der Waals surface area contributed by atoms with E-state index in [1.165, 1.54) is 19.3 Å². The average molecular weight is 222 g/mol. The summed E-state index contributed by atoms with van der Waals surface area (Å²) in [6.45, 7) is 7.12. The van der Waals surface area contributed by atoms with Gasteiger partial charge in [0.15, 0.2) is 0 Å². The molecule has 0 N–H and O–H groups in total. The SMILES string of the molecule is CC1=C2CC(CC1)C2(C)C.[Rb]. The molecule has 0 heterocycles. The van der Waals surface area contributed by atoms with Crippen LogP contribution in [0.5, 0.6) is 0 Å². The normalized spacial score (nSPS) is 32.5. The van der Waals surface area contributed by atoms with Crippen LogP contribution in [0.25, 0.3) is 0 Å². The van der Waals surface area contributed by atoms with Gasteiger partial charge in [-0.1, -0.05) is 25.0 Å². The Morgan fingerprint density at radius 3 is 2.27 bits per heavy atom. The van der Waals surface area contributed by atoms with Crippen LogP contribution in [0.15, 0.2) is 11.1 Å². The molecule has 2 bridgehead atoms. The molecule has 1 atom stereocenters. The topological polar surface area (TPSA) is 0 Å². The third-order valence-electron chi connectivity index (χ3n) is 3.63. The number of allylic oxidation sites excluding steroid dienone is 2. The van der Waals surface area contributed by atoms with Crippen molar-refractivity contribution in [3.05, 3.63) is 11.1 Å². The van der Waals surface area contributed by atoms with E-state index in [9.17, 15) is 0 Å². The zero-order chi connectivity index (χ0) is 7.35. The largest absolute Gasteiger partial charge is 0.0735 e. The van der Waals surface area contributed by atoms with E-state index in [1.807, 2.05) is 0 Å². The Hall–Kier alpha value is 1.55. The summed E-state index contributed by atoms with van der Waals surface area (Å²) >= 11 is 0. The van der Waals surface area contributed by atoms with Gasteiger partial charge in [0.1, 0.15) is 0 Å². The Morgan fingerprint density at radius 2 is 2.00 bits per heavy atom.